The molecule has 1 aliphatic rings. The minimum Gasteiger partial charge on any atom is -0.452 e. The SMILES string of the molecule is Cc1nnc(N2C(=O)c3ccc(C(=O)OCC(=O)Nc4ccc(Br)c(Cl)c4)cc3C2=O)s1. The number of nitrogens with one attached hydrogen (secondary N) is 1. The van der Waals surface area contributed by atoms with Crippen LogP contribution in [0.2, 0.25) is 5.02 Å². The summed E-state index contributed by atoms with van der Waals surface area (Å²) in [4.78, 5) is 50.7. The number of hydrogen-bond acceptors (Lipinski definition) is 8. The van der Waals surface area contributed by atoms with Gasteiger partial charge >= 0.3 is 5.97 Å². The third kappa shape index (κ3) is 4.27. The van der Waals surface area contributed by atoms with Gasteiger partial charge in [-0.15, -0.1) is 10.2 Å². The smallest absolute Gasteiger partial charge is 0.338 e. The van der Waals surface area contributed by atoms with E-state index in [9.17, 15) is 19.2 Å². The lowest BCUT2D eigenvalue weighted by atomic mass is 10.1. The summed E-state index contributed by atoms with van der Waals surface area (Å²) in [5, 5.41) is 11.4. The number of hydrogen-bond donors (Lipinski definition) is 1. The van der Waals surface area contributed by atoms with Gasteiger partial charge in [-0.1, -0.05) is 22.9 Å². The average molecular weight is 536 g/mol. The van der Waals surface area contributed by atoms with Crippen molar-refractivity contribution in [3.8, 4) is 0 Å². The van der Waals surface area contributed by atoms with Crippen LogP contribution in [0.5, 0.6) is 0 Å². The van der Waals surface area contributed by atoms with E-state index in [1.54, 1.807) is 25.1 Å². The van der Waals surface area contributed by atoms with Crippen molar-refractivity contribution < 1.29 is 23.9 Å². The molecule has 0 radical (unpaired) electrons. The number of halogens is 2. The molecule has 32 heavy (non-hydrogen) atoms. The lowest BCUT2D eigenvalue weighted by molar-refractivity contribution is -0.119. The van der Waals surface area contributed by atoms with E-state index >= 15 is 0 Å². The number of ether oxygens (including phenoxy) is 1. The van der Waals surface area contributed by atoms with Crippen LogP contribution in [0, 0.1) is 6.92 Å². The van der Waals surface area contributed by atoms with Crippen LogP contribution in [0.15, 0.2) is 40.9 Å². The van der Waals surface area contributed by atoms with Crippen molar-refractivity contribution >= 4 is 73.4 Å². The number of carbonyl (C=O) groups is 4. The lowest BCUT2D eigenvalue weighted by Crippen LogP contribution is -2.29. The third-order valence-corrected chi connectivity index (χ3v) is 6.42. The number of amides is 3. The number of benzene rings is 2. The molecule has 3 amide bonds. The highest BCUT2D eigenvalue weighted by Gasteiger charge is 2.39. The number of fused-ring (bicyclic) bond motifs is 1. The molecule has 9 nitrogen and oxygen atoms in total. The van der Waals surface area contributed by atoms with Gasteiger partial charge in [0.05, 0.1) is 21.7 Å². The van der Waals surface area contributed by atoms with Crippen molar-refractivity contribution in [2.45, 2.75) is 6.92 Å². The van der Waals surface area contributed by atoms with E-state index in [2.05, 4.69) is 31.4 Å². The molecule has 1 aliphatic heterocycles. The summed E-state index contributed by atoms with van der Waals surface area (Å²) in [5.41, 5.74) is 0.656. The first-order chi connectivity index (χ1) is 15.2. The molecule has 12 heteroatoms. The standard InChI is InChI=1S/C20H12BrClN4O5S/c1-9-24-25-20(32-9)26-17(28)12-4-2-10(6-13(12)18(26)29)19(30)31-8-16(27)23-11-3-5-14(21)15(22)7-11/h2-7H,8H2,1H3,(H,23,27). The summed E-state index contributed by atoms with van der Waals surface area (Å²) in [5.74, 6) is -2.54. The van der Waals surface area contributed by atoms with E-state index in [1.165, 1.54) is 18.2 Å². The zero-order valence-electron chi connectivity index (χ0n) is 16.2. The first kappa shape index (κ1) is 22.1. The second kappa shape index (κ2) is 8.77. The molecule has 0 fully saturated rings. The number of esters is 1. The summed E-state index contributed by atoms with van der Waals surface area (Å²) >= 11 is 10.3. The van der Waals surface area contributed by atoms with Gasteiger partial charge in [-0.05, 0) is 59.3 Å². The lowest BCUT2D eigenvalue weighted by Gasteiger charge is -2.08. The van der Waals surface area contributed by atoms with Crippen molar-refractivity contribution in [2.24, 2.45) is 0 Å². The Morgan fingerprint density at radius 3 is 2.56 bits per heavy atom. The Labute approximate surface area is 198 Å². The van der Waals surface area contributed by atoms with E-state index in [0.29, 0.717) is 20.2 Å². The monoisotopic (exact) mass is 534 g/mol. The molecule has 0 atom stereocenters. The van der Waals surface area contributed by atoms with E-state index in [1.807, 2.05) is 0 Å². The largest absolute Gasteiger partial charge is 0.452 e. The maximum Gasteiger partial charge on any atom is 0.338 e. The van der Waals surface area contributed by atoms with Crippen molar-refractivity contribution in [3.63, 3.8) is 0 Å². The van der Waals surface area contributed by atoms with Crippen molar-refractivity contribution in [1.82, 2.24) is 10.2 Å². The Kier molecular flexibility index (Phi) is 6.04. The molecular weight excluding hydrogens is 524 g/mol. The highest BCUT2D eigenvalue weighted by molar-refractivity contribution is 9.10. The number of imide groups is 1. The molecule has 0 saturated heterocycles. The Hall–Kier alpha value is -3.15. The normalized spacial score (nSPS) is 12.7. The van der Waals surface area contributed by atoms with Gasteiger partial charge in [-0.2, -0.15) is 0 Å². The van der Waals surface area contributed by atoms with E-state index in [0.717, 1.165) is 16.2 Å². The molecule has 2 heterocycles. The molecule has 1 N–H and O–H groups in total. The van der Waals surface area contributed by atoms with Crippen LogP contribution in [-0.2, 0) is 9.53 Å². The summed E-state index contributed by atoms with van der Waals surface area (Å²) in [6.07, 6.45) is 0. The van der Waals surface area contributed by atoms with Crippen LogP contribution in [0.3, 0.4) is 0 Å². The van der Waals surface area contributed by atoms with E-state index < -0.39 is 30.3 Å². The van der Waals surface area contributed by atoms with Gasteiger partial charge in [-0.25, -0.2) is 9.69 Å². The summed E-state index contributed by atoms with van der Waals surface area (Å²) in [6, 6.07) is 8.82. The van der Waals surface area contributed by atoms with Crippen molar-refractivity contribution in [2.75, 3.05) is 16.8 Å². The molecule has 0 unspecified atom stereocenters. The van der Waals surface area contributed by atoms with Gasteiger partial charge in [0, 0.05) is 10.2 Å². The Bertz CT molecular complexity index is 1290. The number of carbonyl (C=O) groups excluding carboxylic acids is 4. The number of aromatic nitrogens is 2. The number of rotatable bonds is 5. The van der Waals surface area contributed by atoms with Crippen molar-refractivity contribution in [3.05, 3.63) is 67.6 Å². The molecule has 1 aromatic heterocycles. The second-order valence-corrected chi connectivity index (χ2v) is 8.98. The topological polar surface area (TPSA) is 119 Å². The highest BCUT2D eigenvalue weighted by Crippen LogP contribution is 2.31. The third-order valence-electron chi connectivity index (χ3n) is 4.37. The maximum absolute atomic E-state index is 12.7. The van der Waals surface area contributed by atoms with Gasteiger partial charge in [0.15, 0.2) is 6.61 Å². The van der Waals surface area contributed by atoms with E-state index in [4.69, 9.17) is 16.3 Å². The molecule has 0 bridgehead atoms. The number of aryl methyl sites for hydroxylation is 1. The van der Waals surface area contributed by atoms with Crippen LogP contribution >= 0.6 is 38.9 Å². The van der Waals surface area contributed by atoms with Crippen LogP contribution in [0.1, 0.15) is 36.1 Å². The Morgan fingerprint density at radius 1 is 1.12 bits per heavy atom. The Balaban J connectivity index is 1.43. The van der Waals surface area contributed by atoms with Gasteiger partial charge in [-0.3, -0.25) is 14.4 Å². The quantitative estimate of drug-likeness (QED) is 0.389. The average Bonchev–Trinajstić information content (AvgIpc) is 3.29. The van der Waals surface area contributed by atoms with Crippen LogP contribution in [0.25, 0.3) is 0 Å². The van der Waals surface area contributed by atoms with Gasteiger partial charge < -0.3 is 10.1 Å². The predicted molar refractivity (Wildman–Crippen MR) is 120 cm³/mol. The molecule has 0 aliphatic carbocycles. The molecular formula is C20H12BrClN4O5S. The van der Waals surface area contributed by atoms with Crippen molar-refractivity contribution in [1.29, 1.82) is 0 Å². The fourth-order valence-electron chi connectivity index (χ4n) is 2.90. The fraction of sp³-hybridized carbons (Fsp3) is 0.100. The van der Waals surface area contributed by atoms with Gasteiger partial charge in [0.1, 0.15) is 5.01 Å². The van der Waals surface area contributed by atoms with Crippen LogP contribution in [-0.4, -0.2) is 40.5 Å². The maximum atomic E-state index is 12.7. The molecule has 0 spiro atoms. The Morgan fingerprint density at radius 2 is 1.88 bits per heavy atom. The molecule has 162 valence electrons. The van der Waals surface area contributed by atoms with Gasteiger partial charge in [0.25, 0.3) is 17.7 Å². The first-order valence-electron chi connectivity index (χ1n) is 8.99. The van der Waals surface area contributed by atoms with Crippen LogP contribution in [0.4, 0.5) is 10.8 Å². The summed E-state index contributed by atoms with van der Waals surface area (Å²) in [7, 11) is 0. The second-order valence-electron chi connectivity index (χ2n) is 6.56. The number of anilines is 2. The predicted octanol–water partition coefficient (Wildman–Crippen LogP) is 3.86. The zero-order chi connectivity index (χ0) is 23.0. The molecule has 4 rings (SSSR count). The minimum absolute atomic E-state index is 0.0275. The fourth-order valence-corrected chi connectivity index (χ4v) is 4.02. The van der Waals surface area contributed by atoms with Gasteiger partial charge in [0.2, 0.25) is 5.13 Å². The summed E-state index contributed by atoms with van der Waals surface area (Å²) < 4.78 is 5.70. The molecule has 3 aromatic rings. The first-order valence-corrected chi connectivity index (χ1v) is 11.0. The van der Waals surface area contributed by atoms with E-state index in [-0.39, 0.29) is 21.8 Å². The minimum atomic E-state index is -0.817. The zero-order valence-corrected chi connectivity index (χ0v) is 19.4. The number of nitrogens with zero attached hydrogens (tertiary/aromatic N) is 3. The highest BCUT2D eigenvalue weighted by atomic mass is 79.9. The summed E-state index contributed by atoms with van der Waals surface area (Å²) in [6.45, 7) is 1.15. The van der Waals surface area contributed by atoms with Crippen LogP contribution < -0.4 is 10.2 Å². The molecule has 0 saturated carbocycles. The molecule has 2 aromatic carbocycles.